The van der Waals surface area contributed by atoms with E-state index in [-0.39, 0.29) is 24.6 Å². The number of hydrogen-bond donors (Lipinski definition) is 0. The second-order valence-electron chi connectivity index (χ2n) is 6.58. The van der Waals surface area contributed by atoms with Crippen LogP contribution in [0.4, 0.5) is 13.2 Å². The Morgan fingerprint density at radius 3 is 2.62 bits per heavy atom. The van der Waals surface area contributed by atoms with Crippen molar-refractivity contribution < 1.29 is 22.1 Å². The van der Waals surface area contributed by atoms with Crippen LogP contribution in [0.1, 0.15) is 22.8 Å². The highest BCUT2D eigenvalue weighted by molar-refractivity contribution is 5.73. The Labute approximate surface area is 161 Å². The van der Waals surface area contributed by atoms with Gasteiger partial charge in [-0.2, -0.15) is 18.2 Å². The van der Waals surface area contributed by atoms with Crippen LogP contribution >= 0.6 is 0 Å². The van der Waals surface area contributed by atoms with Crippen LogP contribution in [0.25, 0.3) is 22.6 Å². The molecule has 0 aliphatic rings. The van der Waals surface area contributed by atoms with Crippen molar-refractivity contribution in [2.75, 3.05) is 0 Å². The van der Waals surface area contributed by atoms with Crippen LogP contribution < -0.4 is 5.76 Å². The monoisotopic (exact) mass is 404 g/mol. The predicted octanol–water partition coefficient (Wildman–Crippen LogP) is 3.92. The number of halogens is 3. The van der Waals surface area contributed by atoms with Crippen LogP contribution in [0.15, 0.2) is 44.1 Å². The standard InChI is InChI=1S/C19H15F3N4O3/c1-10-3-5-14-13(9-10)26(18(27)28-14)8-7-16-24-17(29-25-16)12-4-6-15(19(20,21)22)23-11(12)2/h3-6,9H,7-8H2,1-2H3. The Morgan fingerprint density at radius 1 is 1.10 bits per heavy atom. The first-order valence-corrected chi connectivity index (χ1v) is 8.70. The maximum absolute atomic E-state index is 12.8. The zero-order valence-electron chi connectivity index (χ0n) is 15.4. The molecule has 150 valence electrons. The normalized spacial score (nSPS) is 12.0. The number of aromatic nitrogens is 4. The first-order chi connectivity index (χ1) is 13.7. The number of aryl methyl sites for hydroxylation is 4. The van der Waals surface area contributed by atoms with Crippen molar-refractivity contribution in [2.24, 2.45) is 0 Å². The number of benzene rings is 1. The van der Waals surface area contributed by atoms with E-state index >= 15 is 0 Å². The lowest BCUT2D eigenvalue weighted by molar-refractivity contribution is -0.141. The van der Waals surface area contributed by atoms with Crippen LogP contribution in [0.3, 0.4) is 0 Å². The second kappa shape index (κ2) is 6.87. The van der Waals surface area contributed by atoms with E-state index in [9.17, 15) is 18.0 Å². The molecular weight excluding hydrogens is 389 g/mol. The molecule has 4 aromatic rings. The molecule has 0 radical (unpaired) electrons. The molecule has 3 heterocycles. The summed E-state index contributed by atoms with van der Waals surface area (Å²) in [5, 5.41) is 3.85. The van der Waals surface area contributed by atoms with E-state index in [1.807, 2.05) is 19.1 Å². The second-order valence-corrected chi connectivity index (χ2v) is 6.58. The number of pyridine rings is 1. The molecule has 0 saturated carbocycles. The summed E-state index contributed by atoms with van der Waals surface area (Å²) in [6, 6.07) is 7.54. The molecule has 0 bridgehead atoms. The number of fused-ring (bicyclic) bond motifs is 1. The van der Waals surface area contributed by atoms with Crippen molar-refractivity contribution in [3.05, 3.63) is 63.7 Å². The van der Waals surface area contributed by atoms with E-state index in [4.69, 9.17) is 8.94 Å². The van der Waals surface area contributed by atoms with E-state index in [2.05, 4.69) is 15.1 Å². The highest BCUT2D eigenvalue weighted by Gasteiger charge is 2.33. The Morgan fingerprint density at radius 2 is 1.90 bits per heavy atom. The van der Waals surface area contributed by atoms with E-state index in [1.165, 1.54) is 17.6 Å². The smallest absolute Gasteiger partial charge is 0.408 e. The summed E-state index contributed by atoms with van der Waals surface area (Å²) < 4.78 is 50.1. The number of rotatable bonds is 4. The summed E-state index contributed by atoms with van der Waals surface area (Å²) in [5.41, 5.74) is 1.60. The Kier molecular flexibility index (Phi) is 4.48. The van der Waals surface area contributed by atoms with E-state index in [0.29, 0.717) is 22.5 Å². The molecule has 0 fully saturated rings. The molecule has 1 aromatic carbocycles. The van der Waals surface area contributed by atoms with Gasteiger partial charge >= 0.3 is 11.9 Å². The quantitative estimate of drug-likeness (QED) is 0.512. The molecule has 0 unspecified atom stereocenters. The van der Waals surface area contributed by atoms with Gasteiger partial charge in [0.1, 0.15) is 5.69 Å². The van der Waals surface area contributed by atoms with Crippen LogP contribution in [-0.4, -0.2) is 19.7 Å². The lowest BCUT2D eigenvalue weighted by Crippen LogP contribution is -2.16. The maximum Gasteiger partial charge on any atom is 0.433 e. The topological polar surface area (TPSA) is 87.0 Å². The molecule has 0 N–H and O–H groups in total. The minimum Gasteiger partial charge on any atom is -0.408 e. The van der Waals surface area contributed by atoms with Crippen LogP contribution in [0, 0.1) is 13.8 Å². The zero-order valence-corrected chi connectivity index (χ0v) is 15.4. The van der Waals surface area contributed by atoms with Gasteiger partial charge in [0.25, 0.3) is 5.89 Å². The van der Waals surface area contributed by atoms with Crippen LogP contribution in [-0.2, 0) is 19.1 Å². The molecule has 29 heavy (non-hydrogen) atoms. The van der Waals surface area contributed by atoms with Crippen molar-refractivity contribution in [1.82, 2.24) is 19.7 Å². The first-order valence-electron chi connectivity index (χ1n) is 8.70. The van der Waals surface area contributed by atoms with Gasteiger partial charge in [-0.3, -0.25) is 4.57 Å². The van der Waals surface area contributed by atoms with Gasteiger partial charge in [0, 0.05) is 13.0 Å². The van der Waals surface area contributed by atoms with E-state index < -0.39 is 17.6 Å². The molecule has 3 aromatic heterocycles. The summed E-state index contributed by atoms with van der Waals surface area (Å²) >= 11 is 0. The molecule has 0 saturated heterocycles. The summed E-state index contributed by atoms with van der Waals surface area (Å²) in [5.74, 6) is -0.107. The number of oxazole rings is 1. The van der Waals surface area contributed by atoms with Crippen molar-refractivity contribution >= 4 is 11.1 Å². The average molecular weight is 404 g/mol. The zero-order chi connectivity index (χ0) is 20.8. The van der Waals surface area contributed by atoms with Gasteiger partial charge in [0.2, 0.25) is 0 Å². The molecule has 0 atom stereocenters. The number of nitrogens with zero attached hydrogens (tertiary/aromatic N) is 4. The average Bonchev–Trinajstić information content (AvgIpc) is 3.23. The summed E-state index contributed by atoms with van der Waals surface area (Å²) in [6.07, 6.45) is -4.25. The van der Waals surface area contributed by atoms with Crippen molar-refractivity contribution in [3.63, 3.8) is 0 Å². The van der Waals surface area contributed by atoms with E-state index in [1.54, 1.807) is 6.07 Å². The largest absolute Gasteiger partial charge is 0.433 e. The third-order valence-corrected chi connectivity index (χ3v) is 4.46. The van der Waals surface area contributed by atoms with Crippen molar-refractivity contribution in [1.29, 1.82) is 0 Å². The number of alkyl halides is 3. The Hall–Kier alpha value is -3.43. The number of hydrogen-bond acceptors (Lipinski definition) is 6. The highest BCUT2D eigenvalue weighted by Crippen LogP contribution is 2.30. The van der Waals surface area contributed by atoms with Gasteiger partial charge in [0.05, 0.1) is 16.8 Å². The van der Waals surface area contributed by atoms with Gasteiger partial charge in [-0.25, -0.2) is 9.78 Å². The van der Waals surface area contributed by atoms with Gasteiger partial charge < -0.3 is 8.94 Å². The Bertz CT molecular complexity index is 1250. The molecule has 4 rings (SSSR count). The third kappa shape index (κ3) is 3.65. The van der Waals surface area contributed by atoms with Gasteiger partial charge in [-0.05, 0) is 43.7 Å². The molecular formula is C19H15F3N4O3. The van der Waals surface area contributed by atoms with Crippen molar-refractivity contribution in [3.8, 4) is 11.5 Å². The summed E-state index contributed by atoms with van der Waals surface area (Å²) in [4.78, 5) is 19.9. The summed E-state index contributed by atoms with van der Waals surface area (Å²) in [6.45, 7) is 3.61. The van der Waals surface area contributed by atoms with Crippen LogP contribution in [0.2, 0.25) is 0 Å². The molecule has 0 spiro atoms. The predicted molar refractivity (Wildman–Crippen MR) is 96.2 cm³/mol. The maximum atomic E-state index is 12.8. The highest BCUT2D eigenvalue weighted by atomic mass is 19.4. The minimum atomic E-state index is -4.53. The Balaban J connectivity index is 1.56. The molecule has 7 nitrogen and oxygen atoms in total. The van der Waals surface area contributed by atoms with Crippen LogP contribution in [0.5, 0.6) is 0 Å². The first kappa shape index (κ1) is 18.9. The molecule has 0 aliphatic carbocycles. The van der Waals surface area contributed by atoms with Gasteiger partial charge in [-0.15, -0.1) is 0 Å². The van der Waals surface area contributed by atoms with E-state index in [0.717, 1.165) is 11.6 Å². The van der Waals surface area contributed by atoms with Gasteiger partial charge in [-0.1, -0.05) is 11.2 Å². The molecule has 0 aliphatic heterocycles. The summed E-state index contributed by atoms with van der Waals surface area (Å²) in [7, 11) is 0. The fourth-order valence-electron chi connectivity index (χ4n) is 3.01. The van der Waals surface area contributed by atoms with Gasteiger partial charge in [0.15, 0.2) is 11.4 Å². The minimum absolute atomic E-state index is 0.0685. The van der Waals surface area contributed by atoms with Crippen molar-refractivity contribution in [2.45, 2.75) is 33.0 Å². The molecule has 10 heteroatoms. The third-order valence-electron chi connectivity index (χ3n) is 4.46. The molecule has 0 amide bonds. The SMILES string of the molecule is Cc1ccc2oc(=O)n(CCc3noc(-c4ccc(C(F)(F)F)nc4C)n3)c2c1. The fourth-order valence-corrected chi connectivity index (χ4v) is 3.01. The fraction of sp³-hybridized carbons (Fsp3) is 0.263. The lowest BCUT2D eigenvalue weighted by Gasteiger charge is -2.07. The lowest BCUT2D eigenvalue weighted by atomic mass is 10.2.